The van der Waals surface area contributed by atoms with E-state index >= 15 is 0 Å². The van der Waals surface area contributed by atoms with Crippen molar-refractivity contribution in [2.24, 2.45) is 0 Å². The van der Waals surface area contributed by atoms with E-state index in [0.717, 1.165) is 5.56 Å². The first kappa shape index (κ1) is 26.8. The van der Waals surface area contributed by atoms with Crippen molar-refractivity contribution in [1.82, 2.24) is 25.3 Å². The van der Waals surface area contributed by atoms with Gasteiger partial charge in [-0.2, -0.15) is 0 Å². The first-order chi connectivity index (χ1) is 19.2. The van der Waals surface area contributed by atoms with Gasteiger partial charge in [0, 0.05) is 30.2 Å². The molecular weight excluding hydrogens is 510 g/mol. The molecule has 1 aromatic carbocycles. The number of nitrogens with one attached hydrogen (secondary N) is 2. The number of carbonyl (C=O) groups excluding carboxylic acids is 2. The maximum absolute atomic E-state index is 13.8. The molecule has 2 amide bonds. The van der Waals surface area contributed by atoms with Crippen LogP contribution in [0.15, 0.2) is 67.3 Å². The molecule has 5 rings (SSSR count). The van der Waals surface area contributed by atoms with E-state index in [-0.39, 0.29) is 12.5 Å². The van der Waals surface area contributed by atoms with Crippen LogP contribution in [-0.2, 0) is 9.53 Å². The molecular formula is C29H31N7O4. The lowest BCUT2D eigenvalue weighted by Gasteiger charge is -2.31. The van der Waals surface area contributed by atoms with E-state index in [2.05, 4.69) is 20.6 Å². The van der Waals surface area contributed by atoms with E-state index in [0.29, 0.717) is 46.9 Å². The average Bonchev–Trinajstić information content (AvgIpc) is 3.37. The highest BCUT2D eigenvalue weighted by Gasteiger charge is 2.48. The van der Waals surface area contributed by atoms with Crippen LogP contribution in [0.1, 0.15) is 27.2 Å². The van der Waals surface area contributed by atoms with Crippen LogP contribution in [0.25, 0.3) is 22.3 Å². The smallest absolute Gasteiger partial charge is 0.408 e. The number of alkyl carbamates (subject to hydrolysis) is 1. The highest BCUT2D eigenvalue weighted by molar-refractivity contribution is 6.02. The predicted octanol–water partition coefficient (Wildman–Crippen LogP) is 4.21. The Labute approximate surface area is 232 Å². The van der Waals surface area contributed by atoms with E-state index in [1.807, 2.05) is 35.2 Å². The number of carbonyl (C=O) groups is 2. The van der Waals surface area contributed by atoms with Crippen molar-refractivity contribution in [3.8, 4) is 17.1 Å². The summed E-state index contributed by atoms with van der Waals surface area (Å²) in [6.07, 6.45) is 6.24. The van der Waals surface area contributed by atoms with Gasteiger partial charge < -0.3 is 25.0 Å². The fourth-order valence-electron chi connectivity index (χ4n) is 4.66. The molecule has 4 aromatic rings. The number of benzene rings is 1. The molecule has 0 bridgehead atoms. The van der Waals surface area contributed by atoms with Crippen molar-refractivity contribution in [1.29, 1.82) is 0 Å². The molecule has 0 spiro atoms. The van der Waals surface area contributed by atoms with Gasteiger partial charge in [0.05, 0.1) is 37.0 Å². The highest BCUT2D eigenvalue weighted by atomic mass is 16.6. The molecule has 3 aromatic heterocycles. The van der Waals surface area contributed by atoms with Gasteiger partial charge in [0.1, 0.15) is 22.7 Å². The number of fused-ring (bicyclic) bond motifs is 1. The fraction of sp³-hybridized carbons (Fsp3) is 0.310. The highest BCUT2D eigenvalue weighted by Crippen LogP contribution is 2.37. The number of anilines is 2. The van der Waals surface area contributed by atoms with Gasteiger partial charge in [-0.25, -0.2) is 14.8 Å². The minimum absolute atomic E-state index is 0.137. The van der Waals surface area contributed by atoms with Crippen LogP contribution in [0, 0.1) is 0 Å². The van der Waals surface area contributed by atoms with Gasteiger partial charge in [0.2, 0.25) is 0 Å². The van der Waals surface area contributed by atoms with Gasteiger partial charge >= 0.3 is 6.09 Å². The molecule has 11 nitrogen and oxygen atoms in total. The lowest BCUT2D eigenvalue weighted by Crippen LogP contribution is -2.59. The van der Waals surface area contributed by atoms with Gasteiger partial charge in [0.15, 0.2) is 5.82 Å². The minimum atomic E-state index is -1.30. The molecule has 40 heavy (non-hydrogen) atoms. The molecule has 0 radical (unpaired) electrons. The van der Waals surface area contributed by atoms with Crippen molar-refractivity contribution < 1.29 is 19.1 Å². The van der Waals surface area contributed by atoms with Crippen LogP contribution >= 0.6 is 0 Å². The van der Waals surface area contributed by atoms with Crippen LogP contribution in [0.2, 0.25) is 0 Å². The van der Waals surface area contributed by atoms with E-state index < -0.39 is 17.2 Å². The summed E-state index contributed by atoms with van der Waals surface area (Å²) >= 11 is 0. The minimum Gasteiger partial charge on any atom is -0.494 e. The first-order valence-corrected chi connectivity index (χ1v) is 12.9. The topological polar surface area (TPSA) is 131 Å². The van der Waals surface area contributed by atoms with Gasteiger partial charge in [-0.05, 0) is 51.5 Å². The number of methoxy groups -OCH3 is 1. The number of amides is 2. The van der Waals surface area contributed by atoms with E-state index in [1.54, 1.807) is 64.8 Å². The molecule has 4 heterocycles. The fourth-order valence-corrected chi connectivity index (χ4v) is 4.66. The standard InChI is InChI=1S/C29H31N7O4/c1-28(2,3)40-27(38)35-29(26(37)32-20-8-6-5-7-9-20)12-15-36(18-29)25-23-21(16-31-17-22(23)39-4)33-24(34-25)19-10-13-30-14-11-19/h5-11,13-14,16-17H,12,15,18H2,1-4H3,(H,32,37)(H,35,38). The number of hydrogen-bond donors (Lipinski definition) is 2. The van der Waals surface area contributed by atoms with E-state index in [1.165, 1.54) is 0 Å². The quantitative estimate of drug-likeness (QED) is 0.368. The Morgan fingerprint density at radius 3 is 2.45 bits per heavy atom. The van der Waals surface area contributed by atoms with Crippen LogP contribution < -0.4 is 20.3 Å². The van der Waals surface area contributed by atoms with E-state index in [9.17, 15) is 9.59 Å². The third kappa shape index (κ3) is 5.63. The zero-order valence-electron chi connectivity index (χ0n) is 22.8. The van der Waals surface area contributed by atoms with Crippen LogP contribution in [0.3, 0.4) is 0 Å². The maximum Gasteiger partial charge on any atom is 0.408 e. The molecule has 0 saturated carbocycles. The molecule has 1 aliphatic rings. The SMILES string of the molecule is COc1cncc2nc(-c3ccncc3)nc(N3CCC(NC(=O)OC(C)(C)C)(C(=O)Nc4ccccc4)C3)c12. The predicted molar refractivity (Wildman–Crippen MR) is 151 cm³/mol. The third-order valence-electron chi connectivity index (χ3n) is 6.49. The average molecular weight is 542 g/mol. The third-order valence-corrected chi connectivity index (χ3v) is 6.49. The number of nitrogens with zero attached hydrogens (tertiary/aromatic N) is 5. The summed E-state index contributed by atoms with van der Waals surface area (Å²) in [6.45, 7) is 5.89. The molecule has 1 saturated heterocycles. The number of rotatable bonds is 6. The second kappa shape index (κ2) is 10.8. The first-order valence-electron chi connectivity index (χ1n) is 12.9. The summed E-state index contributed by atoms with van der Waals surface area (Å²) in [4.78, 5) is 46.8. The zero-order chi connectivity index (χ0) is 28.3. The molecule has 2 N–H and O–H groups in total. The Morgan fingerprint density at radius 2 is 1.75 bits per heavy atom. The number of ether oxygens (including phenoxy) is 2. The molecule has 1 unspecified atom stereocenters. The Balaban J connectivity index is 1.56. The second-order valence-electron chi connectivity index (χ2n) is 10.5. The van der Waals surface area contributed by atoms with Crippen molar-refractivity contribution in [3.05, 3.63) is 67.3 Å². The van der Waals surface area contributed by atoms with Gasteiger partial charge in [-0.15, -0.1) is 0 Å². The number of hydrogen-bond acceptors (Lipinski definition) is 9. The number of para-hydroxylation sites is 1. The monoisotopic (exact) mass is 541 g/mol. The molecule has 0 aliphatic carbocycles. The molecule has 1 aliphatic heterocycles. The Morgan fingerprint density at radius 1 is 1.00 bits per heavy atom. The number of pyridine rings is 2. The van der Waals surface area contributed by atoms with Gasteiger partial charge in [-0.3, -0.25) is 14.8 Å². The molecule has 11 heteroatoms. The van der Waals surface area contributed by atoms with Crippen molar-refractivity contribution in [2.45, 2.75) is 38.3 Å². The van der Waals surface area contributed by atoms with Gasteiger partial charge in [0.25, 0.3) is 5.91 Å². The zero-order valence-corrected chi connectivity index (χ0v) is 22.8. The van der Waals surface area contributed by atoms with Crippen LogP contribution in [0.5, 0.6) is 5.75 Å². The van der Waals surface area contributed by atoms with E-state index in [4.69, 9.17) is 19.4 Å². The Kier molecular flexibility index (Phi) is 7.20. The second-order valence-corrected chi connectivity index (χ2v) is 10.5. The summed E-state index contributed by atoms with van der Waals surface area (Å²) in [6, 6.07) is 12.8. The summed E-state index contributed by atoms with van der Waals surface area (Å²) in [5, 5.41) is 6.49. The van der Waals surface area contributed by atoms with Crippen molar-refractivity contribution in [3.63, 3.8) is 0 Å². The summed E-state index contributed by atoms with van der Waals surface area (Å²) in [5.41, 5.74) is -0.0477. The lowest BCUT2D eigenvalue weighted by molar-refractivity contribution is -0.121. The number of aromatic nitrogens is 4. The lowest BCUT2D eigenvalue weighted by atomic mass is 9.97. The summed E-state index contributed by atoms with van der Waals surface area (Å²) in [5.74, 6) is 1.19. The molecule has 1 atom stereocenters. The molecule has 206 valence electrons. The van der Waals surface area contributed by atoms with Crippen LogP contribution in [0.4, 0.5) is 16.3 Å². The van der Waals surface area contributed by atoms with Crippen LogP contribution in [-0.4, -0.2) is 63.3 Å². The molecule has 1 fully saturated rings. The summed E-state index contributed by atoms with van der Waals surface area (Å²) < 4.78 is 11.2. The largest absolute Gasteiger partial charge is 0.494 e. The Hall–Kier alpha value is -4.80. The van der Waals surface area contributed by atoms with Crippen molar-refractivity contribution in [2.75, 3.05) is 30.4 Å². The van der Waals surface area contributed by atoms with Gasteiger partial charge in [-0.1, -0.05) is 18.2 Å². The van der Waals surface area contributed by atoms with Crippen molar-refractivity contribution >= 4 is 34.4 Å². The summed E-state index contributed by atoms with van der Waals surface area (Å²) in [7, 11) is 1.56. The maximum atomic E-state index is 13.8. The Bertz CT molecular complexity index is 1530. The normalized spacial score (nSPS) is 16.9.